The van der Waals surface area contributed by atoms with Gasteiger partial charge >= 0.3 is 16.8 Å². The van der Waals surface area contributed by atoms with Crippen LogP contribution in [0.4, 0.5) is 0 Å². The van der Waals surface area contributed by atoms with E-state index < -0.39 is 8.24 Å². The Bertz CT molecular complexity index is 298. The molecule has 0 radical (unpaired) electrons. The SMILES string of the molecule is CC(C)(C)[N-]C(C)(C)C.CN(C)CCC[N-][Si](C)(C)C(C)(C)C.[Co+3]. The molecule has 3 nitrogen and oxygen atoms in total. The Hall–Kier alpha value is 0.603. The van der Waals surface area contributed by atoms with Crippen molar-refractivity contribution in [3.8, 4) is 0 Å². The molecule has 0 amide bonds. The van der Waals surface area contributed by atoms with Crippen molar-refractivity contribution < 1.29 is 16.8 Å². The van der Waals surface area contributed by atoms with Crippen LogP contribution in [0.5, 0.6) is 0 Å². The van der Waals surface area contributed by atoms with Gasteiger partial charge in [0.15, 0.2) is 0 Å². The molecule has 0 fully saturated rings. The first-order valence-corrected chi connectivity index (χ1v) is 11.9. The van der Waals surface area contributed by atoms with E-state index in [1.807, 2.05) is 0 Å². The van der Waals surface area contributed by atoms with Gasteiger partial charge in [0, 0.05) is 0 Å². The fourth-order valence-electron chi connectivity index (χ4n) is 1.99. The summed E-state index contributed by atoms with van der Waals surface area (Å²) >= 11 is 0. The predicted molar refractivity (Wildman–Crippen MR) is 111 cm³/mol. The normalized spacial score (nSPS) is 13.2. The second-order valence-electron chi connectivity index (χ2n) is 10.3. The average Bonchev–Trinajstić information content (AvgIpc) is 2.18. The Morgan fingerprint density at radius 3 is 1.38 bits per heavy atom. The Morgan fingerprint density at radius 1 is 0.792 bits per heavy atom. The van der Waals surface area contributed by atoms with Gasteiger partial charge in [-0.25, -0.2) is 0 Å². The molecule has 0 rings (SSSR count). The van der Waals surface area contributed by atoms with Gasteiger partial charge in [0.1, 0.15) is 0 Å². The third-order valence-corrected chi connectivity index (χ3v) is 8.46. The summed E-state index contributed by atoms with van der Waals surface area (Å²) < 4.78 is 0. The minimum atomic E-state index is -1.37. The van der Waals surface area contributed by atoms with Crippen molar-refractivity contribution in [1.29, 1.82) is 0 Å². The van der Waals surface area contributed by atoms with E-state index >= 15 is 0 Å². The maximum absolute atomic E-state index is 4.91. The molecule has 0 saturated heterocycles. The summed E-state index contributed by atoms with van der Waals surface area (Å²) in [5, 5.41) is 4.94. The molecular formula is C19H45CoN3Si+. The van der Waals surface area contributed by atoms with Gasteiger partial charge in [-0.2, -0.15) is 0 Å². The summed E-state index contributed by atoms with van der Waals surface area (Å²) in [7, 11) is 2.86. The topological polar surface area (TPSA) is 31.4 Å². The predicted octanol–water partition coefficient (Wildman–Crippen LogP) is 6.27. The number of rotatable bonds is 5. The first-order valence-electron chi connectivity index (χ1n) is 8.95. The molecule has 0 saturated carbocycles. The molecule has 0 bridgehead atoms. The molecule has 24 heavy (non-hydrogen) atoms. The number of hydrogen-bond donors (Lipinski definition) is 0. The van der Waals surface area contributed by atoms with E-state index in [2.05, 4.69) is 99.7 Å². The van der Waals surface area contributed by atoms with E-state index in [1.54, 1.807) is 0 Å². The van der Waals surface area contributed by atoms with Crippen LogP contribution in [-0.2, 0) is 16.8 Å². The van der Waals surface area contributed by atoms with Crippen LogP contribution in [0.1, 0.15) is 68.7 Å². The summed E-state index contributed by atoms with van der Waals surface area (Å²) in [6.07, 6.45) is 1.19. The summed E-state index contributed by atoms with van der Waals surface area (Å²) in [6.45, 7) is 26.6. The Morgan fingerprint density at radius 2 is 1.17 bits per heavy atom. The second-order valence-corrected chi connectivity index (χ2v) is 15.2. The van der Waals surface area contributed by atoms with Crippen molar-refractivity contribution in [2.75, 3.05) is 27.2 Å². The molecule has 0 spiro atoms. The number of hydrogen-bond acceptors (Lipinski definition) is 1. The van der Waals surface area contributed by atoms with Gasteiger partial charge in [0.05, 0.1) is 0 Å². The molecule has 148 valence electrons. The van der Waals surface area contributed by atoms with Crippen molar-refractivity contribution in [2.24, 2.45) is 0 Å². The van der Waals surface area contributed by atoms with E-state index in [0.717, 1.165) is 13.1 Å². The first kappa shape index (κ1) is 29.4. The van der Waals surface area contributed by atoms with Crippen LogP contribution in [0.15, 0.2) is 0 Å². The van der Waals surface area contributed by atoms with Gasteiger partial charge in [-0.3, -0.25) is 0 Å². The molecular weight excluding hydrogens is 357 g/mol. The molecule has 0 atom stereocenters. The van der Waals surface area contributed by atoms with Crippen LogP contribution in [0.25, 0.3) is 10.3 Å². The molecule has 0 N–H and O–H groups in total. The first-order chi connectivity index (χ1) is 9.87. The van der Waals surface area contributed by atoms with Gasteiger partial charge in [-0.1, -0.05) is 95.1 Å². The second kappa shape index (κ2) is 11.3. The molecule has 0 aromatic heterocycles. The third-order valence-electron chi connectivity index (χ3n) is 3.78. The number of nitrogens with zero attached hydrogens (tertiary/aromatic N) is 3. The zero-order valence-corrected chi connectivity index (χ0v) is 20.8. The minimum Gasteiger partial charge on any atom is -0.664 e. The standard InChI is InChI=1S/C11H27N2Si.C8H18N.Co/c1-11(2,3)14(6,7)12-9-8-10-13(4)5;1-7(2,3)9-8(4,5)6;/h8-10H2,1-7H3;1-6H3;/q2*-1;+3. The largest absolute Gasteiger partial charge is 3.00 e. The molecule has 0 heterocycles. The Labute approximate surface area is 165 Å². The van der Waals surface area contributed by atoms with Gasteiger partial charge in [-0.05, 0) is 20.6 Å². The van der Waals surface area contributed by atoms with Crippen molar-refractivity contribution >= 4 is 8.24 Å². The molecule has 0 aromatic carbocycles. The van der Waals surface area contributed by atoms with E-state index in [1.165, 1.54) is 6.42 Å². The van der Waals surface area contributed by atoms with E-state index in [4.69, 9.17) is 4.98 Å². The van der Waals surface area contributed by atoms with E-state index in [9.17, 15) is 0 Å². The maximum atomic E-state index is 4.91. The van der Waals surface area contributed by atoms with Crippen LogP contribution in [0.3, 0.4) is 0 Å². The van der Waals surface area contributed by atoms with Gasteiger partial charge in [0.25, 0.3) is 0 Å². The van der Waals surface area contributed by atoms with Crippen molar-refractivity contribution in [3.63, 3.8) is 0 Å². The van der Waals surface area contributed by atoms with Crippen molar-refractivity contribution in [3.05, 3.63) is 10.3 Å². The van der Waals surface area contributed by atoms with Crippen LogP contribution >= 0.6 is 0 Å². The maximum Gasteiger partial charge on any atom is 3.00 e. The van der Waals surface area contributed by atoms with Crippen LogP contribution in [0.2, 0.25) is 18.1 Å². The molecule has 0 unspecified atom stereocenters. The van der Waals surface area contributed by atoms with Crippen LogP contribution in [-0.4, -0.2) is 51.4 Å². The molecule has 0 aliphatic rings. The van der Waals surface area contributed by atoms with Crippen molar-refractivity contribution in [1.82, 2.24) is 4.90 Å². The van der Waals surface area contributed by atoms with Crippen molar-refractivity contribution in [2.45, 2.75) is 97.9 Å². The van der Waals surface area contributed by atoms with E-state index in [-0.39, 0.29) is 27.9 Å². The summed E-state index contributed by atoms with van der Waals surface area (Å²) in [6, 6.07) is 0. The smallest absolute Gasteiger partial charge is 0.664 e. The molecule has 0 aliphatic heterocycles. The zero-order chi connectivity index (χ0) is 19.1. The van der Waals surface area contributed by atoms with E-state index in [0.29, 0.717) is 5.04 Å². The third kappa shape index (κ3) is 18.9. The molecule has 0 aromatic rings. The monoisotopic (exact) mass is 402 g/mol. The van der Waals surface area contributed by atoms with Gasteiger partial charge < -0.3 is 15.2 Å². The average molecular weight is 403 g/mol. The minimum absolute atomic E-state index is 0. The molecule has 0 aliphatic carbocycles. The van der Waals surface area contributed by atoms with Crippen LogP contribution in [0, 0.1) is 0 Å². The fraction of sp³-hybridized carbons (Fsp3) is 1.00. The summed E-state index contributed by atoms with van der Waals surface area (Å²) in [4.78, 5) is 7.13. The molecule has 5 heteroatoms. The summed E-state index contributed by atoms with van der Waals surface area (Å²) in [5.74, 6) is 0. The Balaban J connectivity index is -0.000000385. The zero-order valence-electron chi connectivity index (χ0n) is 18.8. The van der Waals surface area contributed by atoms with Gasteiger partial charge in [0.2, 0.25) is 0 Å². The fourth-order valence-corrected chi connectivity index (χ4v) is 3.18. The Kier molecular flexibility index (Phi) is 13.9. The quantitative estimate of drug-likeness (QED) is 0.394. The van der Waals surface area contributed by atoms with Gasteiger partial charge in [-0.15, -0.1) is 17.6 Å². The summed E-state index contributed by atoms with van der Waals surface area (Å²) in [5.41, 5.74) is 0.219. The van der Waals surface area contributed by atoms with Crippen LogP contribution < -0.4 is 0 Å².